The van der Waals surface area contributed by atoms with E-state index >= 15 is 0 Å². The largest absolute Gasteiger partial charge is 0.493 e. The average Bonchev–Trinajstić information content (AvgIpc) is 2.72. The minimum atomic E-state index is -1.12. The Balaban J connectivity index is 2.28. The van der Waals surface area contributed by atoms with Gasteiger partial charge in [-0.2, -0.15) is 0 Å². The maximum Gasteiger partial charge on any atom is 0.346 e. The smallest absolute Gasteiger partial charge is 0.346 e. The highest BCUT2D eigenvalue weighted by Crippen LogP contribution is 2.35. The molecule has 0 saturated heterocycles. The summed E-state index contributed by atoms with van der Waals surface area (Å²) in [7, 11) is 1.35. The van der Waals surface area contributed by atoms with Crippen LogP contribution < -0.4 is 9.47 Å². The van der Waals surface area contributed by atoms with Gasteiger partial charge in [0.25, 0.3) is 5.69 Å². The lowest BCUT2D eigenvalue weighted by molar-refractivity contribution is -0.385. The molecule has 0 fully saturated rings. The Labute approximate surface area is 168 Å². The summed E-state index contributed by atoms with van der Waals surface area (Å²) in [4.78, 5) is 35.8. The van der Waals surface area contributed by atoms with Crippen molar-refractivity contribution in [3.8, 4) is 11.5 Å². The van der Waals surface area contributed by atoms with E-state index in [2.05, 4.69) is 0 Å². The first-order valence-electron chi connectivity index (χ1n) is 9.15. The van der Waals surface area contributed by atoms with Crippen LogP contribution in [0.4, 0.5) is 5.69 Å². The molecule has 2 rings (SSSR count). The van der Waals surface area contributed by atoms with E-state index in [0.717, 1.165) is 18.1 Å². The van der Waals surface area contributed by atoms with E-state index in [4.69, 9.17) is 14.2 Å². The lowest BCUT2D eigenvalue weighted by atomic mass is 10.0. The first kappa shape index (κ1) is 21.9. The monoisotopic (exact) mass is 401 g/mol. The zero-order chi connectivity index (χ0) is 21.6. The SMILES string of the molecule is CCOc1cc([N+](=O)[O-])c(C(=O)O[C@@H](C)C(=O)c2ccc(CC)cc2)cc1OC. The van der Waals surface area contributed by atoms with Crippen molar-refractivity contribution < 1.29 is 28.7 Å². The van der Waals surface area contributed by atoms with Crippen molar-refractivity contribution in [1.82, 2.24) is 0 Å². The summed E-state index contributed by atoms with van der Waals surface area (Å²) in [5.74, 6) is -1.11. The third-order valence-corrected chi connectivity index (χ3v) is 4.30. The van der Waals surface area contributed by atoms with Gasteiger partial charge in [0.1, 0.15) is 5.56 Å². The lowest BCUT2D eigenvalue weighted by Crippen LogP contribution is -2.25. The summed E-state index contributed by atoms with van der Waals surface area (Å²) in [6.45, 7) is 5.40. The molecular weight excluding hydrogens is 378 g/mol. The molecule has 154 valence electrons. The third kappa shape index (κ3) is 5.10. The molecule has 0 radical (unpaired) electrons. The quantitative estimate of drug-likeness (QED) is 0.271. The molecule has 0 bridgehead atoms. The number of ketones is 1. The van der Waals surface area contributed by atoms with Gasteiger partial charge in [-0.15, -0.1) is 0 Å². The molecule has 0 aliphatic rings. The molecule has 0 heterocycles. The van der Waals surface area contributed by atoms with Gasteiger partial charge in [-0.1, -0.05) is 31.2 Å². The van der Waals surface area contributed by atoms with Crippen LogP contribution in [0.3, 0.4) is 0 Å². The fourth-order valence-corrected chi connectivity index (χ4v) is 2.71. The predicted octanol–water partition coefficient (Wildman–Crippen LogP) is 3.99. The Kier molecular flexibility index (Phi) is 7.30. The number of nitro benzene ring substituents is 1. The normalized spacial score (nSPS) is 11.4. The summed E-state index contributed by atoms with van der Waals surface area (Å²) >= 11 is 0. The molecule has 2 aromatic carbocycles. The molecule has 0 unspecified atom stereocenters. The number of rotatable bonds is 9. The molecule has 2 aromatic rings. The van der Waals surface area contributed by atoms with Crippen molar-refractivity contribution in [3.63, 3.8) is 0 Å². The molecule has 0 N–H and O–H groups in total. The van der Waals surface area contributed by atoms with Gasteiger partial charge in [0, 0.05) is 11.6 Å². The highest BCUT2D eigenvalue weighted by Gasteiger charge is 2.28. The van der Waals surface area contributed by atoms with E-state index in [1.165, 1.54) is 20.1 Å². The number of ether oxygens (including phenoxy) is 3. The summed E-state index contributed by atoms with van der Waals surface area (Å²) in [6.07, 6.45) is -0.283. The van der Waals surface area contributed by atoms with Gasteiger partial charge in [0.05, 0.1) is 24.7 Å². The molecular formula is C21H23NO7. The Morgan fingerprint density at radius 1 is 1.10 bits per heavy atom. The van der Waals surface area contributed by atoms with Crippen LogP contribution in [0.5, 0.6) is 11.5 Å². The van der Waals surface area contributed by atoms with E-state index in [-0.39, 0.29) is 23.7 Å². The van der Waals surface area contributed by atoms with Crippen molar-refractivity contribution in [3.05, 3.63) is 63.2 Å². The number of nitrogens with zero attached hydrogens (tertiary/aromatic N) is 1. The van der Waals surface area contributed by atoms with Gasteiger partial charge in [0.15, 0.2) is 17.6 Å². The maximum absolute atomic E-state index is 12.6. The van der Waals surface area contributed by atoms with E-state index in [0.29, 0.717) is 5.56 Å². The highest BCUT2D eigenvalue weighted by molar-refractivity contribution is 6.02. The molecule has 0 aliphatic heterocycles. The molecule has 0 spiro atoms. The Morgan fingerprint density at radius 2 is 1.76 bits per heavy atom. The van der Waals surface area contributed by atoms with Crippen LogP contribution in [0, 0.1) is 10.1 Å². The number of benzene rings is 2. The molecule has 0 amide bonds. The number of carbonyl (C=O) groups is 2. The van der Waals surface area contributed by atoms with Gasteiger partial charge >= 0.3 is 5.97 Å². The number of carbonyl (C=O) groups excluding carboxylic acids is 2. The number of nitro groups is 1. The van der Waals surface area contributed by atoms with Crippen LogP contribution in [0.1, 0.15) is 47.1 Å². The second kappa shape index (κ2) is 9.68. The van der Waals surface area contributed by atoms with Crippen LogP contribution in [0.15, 0.2) is 36.4 Å². The molecule has 8 heteroatoms. The summed E-state index contributed by atoms with van der Waals surface area (Å²) in [5, 5.41) is 11.4. The van der Waals surface area contributed by atoms with Gasteiger partial charge in [-0.25, -0.2) is 4.79 Å². The van der Waals surface area contributed by atoms with Crippen LogP contribution in [0.2, 0.25) is 0 Å². The minimum Gasteiger partial charge on any atom is -0.493 e. The predicted molar refractivity (Wildman–Crippen MR) is 106 cm³/mol. The zero-order valence-corrected chi connectivity index (χ0v) is 16.8. The molecule has 29 heavy (non-hydrogen) atoms. The number of aryl methyl sites for hydroxylation is 1. The van der Waals surface area contributed by atoms with Crippen molar-refractivity contribution in [2.24, 2.45) is 0 Å². The van der Waals surface area contributed by atoms with E-state index in [1.807, 2.05) is 19.1 Å². The Bertz CT molecular complexity index is 906. The first-order chi connectivity index (χ1) is 13.8. The van der Waals surface area contributed by atoms with Crippen molar-refractivity contribution in [2.75, 3.05) is 13.7 Å². The highest BCUT2D eigenvalue weighted by atomic mass is 16.6. The number of Topliss-reactive ketones (excluding diaryl/α,β-unsaturated/α-hetero) is 1. The lowest BCUT2D eigenvalue weighted by Gasteiger charge is -2.14. The Hall–Kier alpha value is -3.42. The molecule has 0 aromatic heterocycles. The molecule has 1 atom stereocenters. The fourth-order valence-electron chi connectivity index (χ4n) is 2.71. The van der Waals surface area contributed by atoms with Gasteiger partial charge in [-0.3, -0.25) is 14.9 Å². The maximum atomic E-state index is 12.6. The van der Waals surface area contributed by atoms with Crippen LogP contribution in [0.25, 0.3) is 0 Å². The topological polar surface area (TPSA) is 105 Å². The summed E-state index contributed by atoms with van der Waals surface area (Å²) in [6, 6.07) is 9.25. The number of hydrogen-bond donors (Lipinski definition) is 0. The first-order valence-corrected chi connectivity index (χ1v) is 9.15. The van der Waals surface area contributed by atoms with E-state index in [9.17, 15) is 19.7 Å². The molecule has 0 aliphatic carbocycles. The van der Waals surface area contributed by atoms with Crippen LogP contribution >= 0.6 is 0 Å². The van der Waals surface area contributed by atoms with Gasteiger partial charge < -0.3 is 14.2 Å². The number of esters is 1. The fraction of sp³-hybridized carbons (Fsp3) is 0.333. The summed E-state index contributed by atoms with van der Waals surface area (Å²) in [5.41, 5.74) is 0.645. The number of hydrogen-bond acceptors (Lipinski definition) is 7. The third-order valence-electron chi connectivity index (χ3n) is 4.30. The molecule has 0 saturated carbocycles. The van der Waals surface area contributed by atoms with Crippen LogP contribution in [-0.4, -0.2) is 36.5 Å². The van der Waals surface area contributed by atoms with Gasteiger partial charge in [0.2, 0.25) is 5.78 Å². The van der Waals surface area contributed by atoms with E-state index in [1.54, 1.807) is 19.1 Å². The standard InChI is InChI=1S/C21H23NO7/c1-5-14-7-9-15(10-8-14)20(23)13(3)29-21(24)16-11-18(27-4)19(28-6-2)12-17(16)22(25)26/h7-13H,5-6H2,1-4H3/t13-/m0/s1. The zero-order valence-electron chi connectivity index (χ0n) is 16.8. The second-order valence-corrected chi connectivity index (χ2v) is 6.17. The molecule has 8 nitrogen and oxygen atoms in total. The minimum absolute atomic E-state index is 0.137. The van der Waals surface area contributed by atoms with Crippen molar-refractivity contribution in [1.29, 1.82) is 0 Å². The summed E-state index contributed by atoms with van der Waals surface area (Å²) < 4.78 is 15.7. The average molecular weight is 401 g/mol. The van der Waals surface area contributed by atoms with Gasteiger partial charge in [-0.05, 0) is 25.8 Å². The number of methoxy groups -OCH3 is 1. The van der Waals surface area contributed by atoms with Crippen molar-refractivity contribution >= 4 is 17.4 Å². The van der Waals surface area contributed by atoms with Crippen LogP contribution in [-0.2, 0) is 11.2 Å². The van der Waals surface area contributed by atoms with Crippen molar-refractivity contribution in [2.45, 2.75) is 33.3 Å². The Morgan fingerprint density at radius 3 is 2.28 bits per heavy atom. The van der Waals surface area contributed by atoms with E-state index < -0.39 is 28.5 Å². The second-order valence-electron chi connectivity index (χ2n) is 6.17.